The van der Waals surface area contributed by atoms with Crippen molar-refractivity contribution in [2.75, 3.05) is 13.1 Å². The third kappa shape index (κ3) is 7.24. The summed E-state index contributed by atoms with van der Waals surface area (Å²) >= 11 is 0. The molecule has 2 heterocycles. The number of carbonyl (C=O) groups excluding carboxylic acids is 2. The average molecular weight is 569 g/mol. The number of carbonyl (C=O) groups is 2. The van der Waals surface area contributed by atoms with Crippen LogP contribution in [0.15, 0.2) is 60.9 Å². The van der Waals surface area contributed by atoms with Gasteiger partial charge >= 0.3 is 5.97 Å². The van der Waals surface area contributed by atoms with Gasteiger partial charge in [-0.05, 0) is 81.4 Å². The van der Waals surface area contributed by atoms with Crippen molar-refractivity contribution in [2.24, 2.45) is 17.6 Å². The van der Waals surface area contributed by atoms with Crippen molar-refractivity contribution < 1.29 is 14.3 Å². The summed E-state index contributed by atoms with van der Waals surface area (Å²) in [5.41, 5.74) is 11.1. The molecule has 3 aromatic rings. The molecule has 1 aliphatic carbocycles. The van der Waals surface area contributed by atoms with E-state index >= 15 is 0 Å². The molecule has 2 aromatic carbocycles. The topological polar surface area (TPSA) is 98.4 Å². The van der Waals surface area contributed by atoms with Crippen LogP contribution in [0.5, 0.6) is 0 Å². The fraction of sp³-hybridized carbons (Fsp3) is 0.486. The summed E-state index contributed by atoms with van der Waals surface area (Å²) in [6.07, 6.45) is 10.8. The summed E-state index contributed by atoms with van der Waals surface area (Å²) in [6.45, 7) is 8.55. The lowest BCUT2D eigenvalue weighted by molar-refractivity contribution is -0.168. The molecule has 222 valence electrons. The zero-order valence-electron chi connectivity index (χ0n) is 25.4. The number of ether oxygens (including phenoxy) is 1. The molecule has 2 N–H and O–H groups in total. The average Bonchev–Trinajstić information content (AvgIpc) is 2.96. The molecule has 1 atom stereocenters. The van der Waals surface area contributed by atoms with Crippen LogP contribution in [0.25, 0.3) is 22.5 Å². The van der Waals surface area contributed by atoms with Gasteiger partial charge in [0.1, 0.15) is 5.60 Å². The van der Waals surface area contributed by atoms with Gasteiger partial charge in [-0.25, -0.2) is 9.97 Å². The van der Waals surface area contributed by atoms with Crippen molar-refractivity contribution >= 4 is 11.9 Å². The highest BCUT2D eigenvalue weighted by atomic mass is 16.6. The Morgan fingerprint density at radius 1 is 0.905 bits per heavy atom. The summed E-state index contributed by atoms with van der Waals surface area (Å²) in [7, 11) is 0. The van der Waals surface area contributed by atoms with Gasteiger partial charge in [-0.1, -0.05) is 61.9 Å². The van der Waals surface area contributed by atoms with Crippen molar-refractivity contribution in [3.8, 4) is 22.5 Å². The zero-order valence-corrected chi connectivity index (χ0v) is 25.4. The minimum atomic E-state index is -0.663. The third-order valence-corrected chi connectivity index (χ3v) is 8.71. The lowest BCUT2D eigenvalue weighted by atomic mass is 9.78. The summed E-state index contributed by atoms with van der Waals surface area (Å²) in [6, 6.07) is 16.1. The molecule has 7 heteroatoms. The number of benzene rings is 2. The molecule has 42 heavy (non-hydrogen) atoms. The molecule has 1 saturated carbocycles. The van der Waals surface area contributed by atoms with Crippen LogP contribution in [0, 0.1) is 11.8 Å². The van der Waals surface area contributed by atoms with Crippen LogP contribution in [0.2, 0.25) is 0 Å². The first-order valence-electron chi connectivity index (χ1n) is 15.4. The maximum absolute atomic E-state index is 12.8. The molecular formula is C35H44N4O3. The van der Waals surface area contributed by atoms with E-state index < -0.39 is 11.6 Å². The van der Waals surface area contributed by atoms with E-state index in [1.165, 1.54) is 37.7 Å². The minimum Gasteiger partial charge on any atom is -0.460 e. The van der Waals surface area contributed by atoms with Crippen LogP contribution in [-0.2, 0) is 20.7 Å². The first kappa shape index (κ1) is 29.9. The van der Waals surface area contributed by atoms with Gasteiger partial charge in [0.2, 0.25) is 5.91 Å². The van der Waals surface area contributed by atoms with Crippen molar-refractivity contribution in [1.29, 1.82) is 0 Å². The van der Waals surface area contributed by atoms with Gasteiger partial charge in [0, 0.05) is 36.6 Å². The predicted octanol–water partition coefficient (Wildman–Crippen LogP) is 6.16. The fourth-order valence-electron chi connectivity index (χ4n) is 6.04. The van der Waals surface area contributed by atoms with Gasteiger partial charge < -0.3 is 15.4 Å². The summed E-state index contributed by atoms with van der Waals surface area (Å²) in [4.78, 5) is 35.8. The lowest BCUT2D eigenvalue weighted by Crippen LogP contribution is -2.58. The minimum absolute atomic E-state index is 0.144. The van der Waals surface area contributed by atoms with E-state index in [0.717, 1.165) is 28.2 Å². The van der Waals surface area contributed by atoms with Gasteiger partial charge in [0.15, 0.2) is 5.82 Å². The van der Waals surface area contributed by atoms with E-state index in [0.29, 0.717) is 31.3 Å². The molecule has 1 saturated heterocycles. The predicted molar refractivity (Wildman–Crippen MR) is 165 cm³/mol. The van der Waals surface area contributed by atoms with Crippen molar-refractivity contribution in [3.63, 3.8) is 0 Å². The van der Waals surface area contributed by atoms with E-state index in [4.69, 9.17) is 10.5 Å². The smallest absolute Gasteiger partial charge is 0.313 e. The Hall–Kier alpha value is -3.58. The second kappa shape index (κ2) is 12.7. The maximum Gasteiger partial charge on any atom is 0.313 e. The quantitative estimate of drug-likeness (QED) is 0.327. The monoisotopic (exact) mass is 568 g/mol. The van der Waals surface area contributed by atoms with E-state index in [1.807, 2.05) is 57.4 Å². The molecule has 0 radical (unpaired) electrons. The highest BCUT2D eigenvalue weighted by molar-refractivity contribution is 5.85. The van der Waals surface area contributed by atoms with E-state index in [9.17, 15) is 9.59 Å². The SMILES string of the molecule is CCC1CCC(c2ccc(-c3cnc(-c4ccc(C[C@H](N)C(=O)N5CC(C(=O)OC(C)(C)C)C5)cc4)nc3)cc2)CC1. The van der Waals surface area contributed by atoms with E-state index in [2.05, 4.69) is 41.2 Å². The van der Waals surface area contributed by atoms with E-state index in [-0.39, 0.29) is 17.8 Å². The summed E-state index contributed by atoms with van der Waals surface area (Å²) in [5, 5.41) is 0. The number of nitrogens with two attached hydrogens (primary N) is 1. The van der Waals surface area contributed by atoms with Crippen molar-refractivity contribution in [3.05, 3.63) is 72.1 Å². The maximum atomic E-state index is 12.8. The Bertz CT molecular complexity index is 1350. The van der Waals surface area contributed by atoms with Crippen LogP contribution in [0.1, 0.15) is 76.8 Å². The van der Waals surface area contributed by atoms with Crippen molar-refractivity contribution in [1.82, 2.24) is 14.9 Å². The van der Waals surface area contributed by atoms with Crippen LogP contribution in [-0.4, -0.2) is 51.5 Å². The van der Waals surface area contributed by atoms with Gasteiger partial charge in [0.25, 0.3) is 0 Å². The number of esters is 1. The van der Waals surface area contributed by atoms with Gasteiger partial charge in [0.05, 0.1) is 12.0 Å². The van der Waals surface area contributed by atoms with Gasteiger partial charge in [-0.3, -0.25) is 9.59 Å². The third-order valence-electron chi connectivity index (χ3n) is 8.71. The number of aromatic nitrogens is 2. The molecule has 0 spiro atoms. The molecule has 0 unspecified atom stereocenters. The number of amides is 1. The fourth-order valence-corrected chi connectivity index (χ4v) is 6.04. The Balaban J connectivity index is 1.12. The second-order valence-electron chi connectivity index (χ2n) is 13.0. The van der Waals surface area contributed by atoms with Crippen LogP contribution < -0.4 is 5.73 Å². The summed E-state index contributed by atoms with van der Waals surface area (Å²) < 4.78 is 5.41. The van der Waals surface area contributed by atoms with Crippen LogP contribution in [0.4, 0.5) is 0 Å². The number of hydrogen-bond acceptors (Lipinski definition) is 6. The van der Waals surface area contributed by atoms with Crippen molar-refractivity contribution in [2.45, 2.75) is 83.8 Å². The van der Waals surface area contributed by atoms with Crippen LogP contribution >= 0.6 is 0 Å². The molecule has 1 amide bonds. The Morgan fingerprint density at radius 3 is 2.07 bits per heavy atom. The highest BCUT2D eigenvalue weighted by Gasteiger charge is 2.39. The molecule has 0 bridgehead atoms. The first-order valence-corrected chi connectivity index (χ1v) is 15.4. The Morgan fingerprint density at radius 2 is 1.50 bits per heavy atom. The first-order chi connectivity index (χ1) is 20.1. The molecule has 5 rings (SSSR count). The Labute approximate surface area is 249 Å². The molecule has 2 aliphatic rings. The molecule has 7 nitrogen and oxygen atoms in total. The van der Waals surface area contributed by atoms with E-state index in [1.54, 1.807) is 4.90 Å². The summed E-state index contributed by atoms with van der Waals surface area (Å²) in [5.74, 6) is 1.57. The Kier molecular flexibility index (Phi) is 9.07. The number of rotatable bonds is 8. The normalized spacial score (nSPS) is 20.1. The van der Waals surface area contributed by atoms with Gasteiger partial charge in [-0.2, -0.15) is 0 Å². The molecule has 1 aromatic heterocycles. The molecule has 2 fully saturated rings. The highest BCUT2D eigenvalue weighted by Crippen LogP contribution is 2.37. The van der Waals surface area contributed by atoms with Gasteiger partial charge in [-0.15, -0.1) is 0 Å². The molecule has 1 aliphatic heterocycles. The lowest BCUT2D eigenvalue weighted by Gasteiger charge is -2.40. The second-order valence-corrected chi connectivity index (χ2v) is 13.0. The number of likely N-dealkylation sites (tertiary alicyclic amines) is 1. The molecular weight excluding hydrogens is 524 g/mol. The standard InChI is InChI=1S/C35H44N4O3/c1-5-23-6-10-25(11-7-23)26-14-16-27(17-15-26)29-19-37-32(38-20-29)28-12-8-24(9-13-28)18-31(36)33(40)39-21-30(22-39)34(41)42-35(2,3)4/h8-9,12-17,19-20,23,25,30-31H,5-7,10-11,18,21-22,36H2,1-4H3/t23?,25?,31-/m0/s1. The van der Waals surface area contributed by atoms with Crippen LogP contribution in [0.3, 0.4) is 0 Å². The number of nitrogens with zero attached hydrogens (tertiary/aromatic N) is 3. The zero-order chi connectivity index (χ0) is 29.9. The largest absolute Gasteiger partial charge is 0.460 e. The number of hydrogen-bond donors (Lipinski definition) is 1.